The van der Waals surface area contributed by atoms with E-state index < -0.39 is 0 Å². The molecule has 21 heavy (non-hydrogen) atoms. The van der Waals surface area contributed by atoms with E-state index in [2.05, 4.69) is 33.5 Å². The first-order valence-corrected chi connectivity index (χ1v) is 8.17. The molecule has 0 aliphatic carbocycles. The van der Waals surface area contributed by atoms with Gasteiger partial charge in [-0.25, -0.2) is 0 Å². The summed E-state index contributed by atoms with van der Waals surface area (Å²) in [4.78, 5) is 12.0. The Balaban J connectivity index is 0.00000220. The topological polar surface area (TPSA) is 41.1 Å². The van der Waals surface area contributed by atoms with Gasteiger partial charge >= 0.3 is 0 Å². The van der Waals surface area contributed by atoms with Gasteiger partial charge in [0.1, 0.15) is 0 Å². The lowest BCUT2D eigenvalue weighted by molar-refractivity contribution is -0.122. The molecule has 2 rings (SSSR count). The van der Waals surface area contributed by atoms with Gasteiger partial charge < -0.3 is 10.6 Å². The van der Waals surface area contributed by atoms with Crippen molar-refractivity contribution in [3.8, 4) is 0 Å². The highest BCUT2D eigenvalue weighted by atomic mass is 79.9. The maximum absolute atomic E-state index is 12.0. The first-order valence-electron chi connectivity index (χ1n) is 7.00. The summed E-state index contributed by atoms with van der Waals surface area (Å²) in [6.07, 6.45) is 2.20. The number of nitrogens with one attached hydrogen (secondary N) is 2. The van der Waals surface area contributed by atoms with Crippen LogP contribution in [0.3, 0.4) is 0 Å². The van der Waals surface area contributed by atoms with Crippen molar-refractivity contribution in [1.29, 1.82) is 0 Å². The lowest BCUT2D eigenvalue weighted by Gasteiger charge is -2.30. The molecular weight excluding hydrogens is 375 g/mol. The van der Waals surface area contributed by atoms with Crippen LogP contribution in [0.2, 0.25) is 5.02 Å². The standard InChI is InChI=1S/C15H20BrClN2O.ClH/c1-10-9-18-7-6-14(10)19-15(20)5-2-11-8-12(17)3-4-13(11)16;/h3-4,8,10,14,18H,2,5-7,9H2,1H3,(H,19,20);1H. The lowest BCUT2D eigenvalue weighted by Crippen LogP contribution is -2.48. The molecule has 2 N–H and O–H groups in total. The van der Waals surface area contributed by atoms with E-state index in [0.717, 1.165) is 29.5 Å². The van der Waals surface area contributed by atoms with Crippen molar-refractivity contribution in [1.82, 2.24) is 10.6 Å². The minimum Gasteiger partial charge on any atom is -0.353 e. The van der Waals surface area contributed by atoms with Crippen LogP contribution in [0.4, 0.5) is 0 Å². The van der Waals surface area contributed by atoms with Crippen molar-refractivity contribution in [3.05, 3.63) is 33.3 Å². The van der Waals surface area contributed by atoms with Crippen molar-refractivity contribution in [2.45, 2.75) is 32.2 Å². The highest BCUT2D eigenvalue weighted by molar-refractivity contribution is 9.10. The molecule has 6 heteroatoms. The molecule has 0 saturated carbocycles. The van der Waals surface area contributed by atoms with Gasteiger partial charge in [0.25, 0.3) is 0 Å². The predicted molar refractivity (Wildman–Crippen MR) is 93.3 cm³/mol. The zero-order valence-corrected chi connectivity index (χ0v) is 15.2. The van der Waals surface area contributed by atoms with E-state index in [1.54, 1.807) is 0 Å². The molecule has 1 aromatic rings. The Hall–Kier alpha value is -0.290. The lowest BCUT2D eigenvalue weighted by atomic mass is 9.95. The number of hydrogen-bond acceptors (Lipinski definition) is 2. The average molecular weight is 396 g/mol. The molecule has 3 nitrogen and oxygen atoms in total. The van der Waals surface area contributed by atoms with E-state index in [9.17, 15) is 4.79 Å². The summed E-state index contributed by atoms with van der Waals surface area (Å²) in [6.45, 7) is 4.13. The molecule has 0 spiro atoms. The van der Waals surface area contributed by atoms with Gasteiger partial charge in [-0.2, -0.15) is 0 Å². The number of aryl methyl sites for hydroxylation is 1. The van der Waals surface area contributed by atoms with Crippen LogP contribution in [0.5, 0.6) is 0 Å². The van der Waals surface area contributed by atoms with E-state index >= 15 is 0 Å². The highest BCUT2D eigenvalue weighted by Crippen LogP contribution is 2.22. The monoisotopic (exact) mass is 394 g/mol. The van der Waals surface area contributed by atoms with Crippen LogP contribution in [-0.4, -0.2) is 25.0 Å². The molecule has 1 amide bonds. The van der Waals surface area contributed by atoms with Crippen molar-refractivity contribution >= 4 is 45.8 Å². The number of carbonyl (C=O) groups is 1. The molecule has 0 aromatic heterocycles. The first-order chi connectivity index (χ1) is 9.56. The third-order valence-electron chi connectivity index (χ3n) is 3.76. The van der Waals surface area contributed by atoms with Crippen LogP contribution >= 0.6 is 39.9 Å². The smallest absolute Gasteiger partial charge is 0.220 e. The average Bonchev–Trinajstić information content (AvgIpc) is 2.42. The maximum atomic E-state index is 12.0. The Labute approximate surface area is 145 Å². The van der Waals surface area contributed by atoms with Crippen molar-refractivity contribution in [2.75, 3.05) is 13.1 Å². The molecule has 2 atom stereocenters. The van der Waals surface area contributed by atoms with Crippen LogP contribution in [0.1, 0.15) is 25.3 Å². The van der Waals surface area contributed by atoms with Gasteiger partial charge in [0.15, 0.2) is 0 Å². The predicted octanol–water partition coefficient (Wildman–Crippen LogP) is 3.57. The van der Waals surface area contributed by atoms with Gasteiger partial charge in [0, 0.05) is 22.0 Å². The fourth-order valence-electron chi connectivity index (χ4n) is 2.49. The molecule has 0 radical (unpaired) electrons. The van der Waals surface area contributed by atoms with Gasteiger partial charge in [0.05, 0.1) is 0 Å². The molecule has 118 valence electrons. The van der Waals surface area contributed by atoms with Crippen LogP contribution in [0.25, 0.3) is 0 Å². The Morgan fingerprint density at radius 3 is 3.00 bits per heavy atom. The quantitative estimate of drug-likeness (QED) is 0.817. The summed E-state index contributed by atoms with van der Waals surface area (Å²) in [5.41, 5.74) is 1.08. The van der Waals surface area contributed by atoms with Gasteiger partial charge in [0.2, 0.25) is 5.91 Å². The first kappa shape index (κ1) is 18.8. The second kappa shape index (κ2) is 8.99. The summed E-state index contributed by atoms with van der Waals surface area (Å²) in [5.74, 6) is 0.612. The van der Waals surface area contributed by atoms with Crippen LogP contribution in [0.15, 0.2) is 22.7 Å². The van der Waals surface area contributed by atoms with Gasteiger partial charge in [-0.05, 0) is 55.6 Å². The molecule has 1 fully saturated rings. The number of amides is 1. The third kappa shape index (κ3) is 5.78. The molecular formula is C15H21BrCl2N2O. The van der Waals surface area contributed by atoms with Crippen LogP contribution in [-0.2, 0) is 11.2 Å². The molecule has 0 bridgehead atoms. The molecule has 2 unspecified atom stereocenters. The fourth-order valence-corrected chi connectivity index (χ4v) is 3.13. The summed E-state index contributed by atoms with van der Waals surface area (Å²) >= 11 is 9.47. The SMILES string of the molecule is CC1CNCCC1NC(=O)CCc1cc(Cl)ccc1Br.Cl. The van der Waals surface area contributed by atoms with Crippen molar-refractivity contribution in [3.63, 3.8) is 0 Å². The molecule has 1 saturated heterocycles. The van der Waals surface area contributed by atoms with E-state index in [1.165, 1.54) is 0 Å². The zero-order valence-electron chi connectivity index (χ0n) is 12.0. The number of piperidine rings is 1. The number of halogens is 3. The Kier molecular flexibility index (Phi) is 8.03. The fraction of sp³-hybridized carbons (Fsp3) is 0.533. The van der Waals surface area contributed by atoms with Crippen LogP contribution in [0, 0.1) is 5.92 Å². The van der Waals surface area contributed by atoms with Crippen molar-refractivity contribution < 1.29 is 4.79 Å². The normalized spacial score (nSPS) is 21.5. The van der Waals surface area contributed by atoms with E-state index in [0.29, 0.717) is 29.8 Å². The highest BCUT2D eigenvalue weighted by Gasteiger charge is 2.22. The number of carbonyl (C=O) groups excluding carboxylic acids is 1. The number of hydrogen-bond donors (Lipinski definition) is 2. The second-order valence-corrected chi connectivity index (χ2v) is 6.67. The summed E-state index contributed by atoms with van der Waals surface area (Å²) < 4.78 is 1.00. The summed E-state index contributed by atoms with van der Waals surface area (Å²) in [6, 6.07) is 5.97. The molecule has 1 aliphatic heterocycles. The second-order valence-electron chi connectivity index (χ2n) is 5.38. The molecule has 1 aliphatic rings. The van der Waals surface area contributed by atoms with E-state index in [4.69, 9.17) is 11.6 Å². The minimum atomic E-state index is 0. The zero-order chi connectivity index (χ0) is 14.5. The summed E-state index contributed by atoms with van der Waals surface area (Å²) in [5, 5.41) is 7.19. The van der Waals surface area contributed by atoms with Gasteiger partial charge in [-0.15, -0.1) is 12.4 Å². The Morgan fingerprint density at radius 1 is 1.52 bits per heavy atom. The van der Waals surface area contributed by atoms with Gasteiger partial charge in [-0.1, -0.05) is 34.5 Å². The largest absolute Gasteiger partial charge is 0.353 e. The van der Waals surface area contributed by atoms with E-state index in [-0.39, 0.29) is 18.3 Å². The minimum absolute atomic E-state index is 0. The van der Waals surface area contributed by atoms with Gasteiger partial charge in [-0.3, -0.25) is 4.79 Å². The third-order valence-corrected chi connectivity index (χ3v) is 4.77. The maximum Gasteiger partial charge on any atom is 0.220 e. The van der Waals surface area contributed by atoms with Crippen molar-refractivity contribution in [2.24, 2.45) is 5.92 Å². The Bertz CT molecular complexity index is 485. The van der Waals surface area contributed by atoms with Crippen LogP contribution < -0.4 is 10.6 Å². The number of rotatable bonds is 4. The molecule has 1 aromatic carbocycles. The van der Waals surface area contributed by atoms with E-state index in [1.807, 2.05) is 18.2 Å². The number of benzene rings is 1. The summed E-state index contributed by atoms with van der Waals surface area (Å²) in [7, 11) is 0. The molecule has 1 heterocycles. The Morgan fingerprint density at radius 2 is 2.29 bits per heavy atom.